The SMILES string of the molecule is CCC(=CCOc1cccc(COC)c1)C(=O)OC. The largest absolute Gasteiger partial charge is 0.490 e. The second-order valence-electron chi connectivity index (χ2n) is 3.97. The Balaban J connectivity index is 2.58. The third kappa shape index (κ3) is 5.14. The van der Waals surface area contributed by atoms with Gasteiger partial charge in [-0.3, -0.25) is 0 Å². The van der Waals surface area contributed by atoms with Gasteiger partial charge in [0, 0.05) is 12.7 Å². The number of carbonyl (C=O) groups is 1. The van der Waals surface area contributed by atoms with E-state index in [4.69, 9.17) is 9.47 Å². The zero-order chi connectivity index (χ0) is 14.1. The van der Waals surface area contributed by atoms with E-state index >= 15 is 0 Å². The molecule has 104 valence electrons. The van der Waals surface area contributed by atoms with Crippen molar-refractivity contribution in [3.05, 3.63) is 41.5 Å². The number of carbonyl (C=O) groups excluding carboxylic acids is 1. The van der Waals surface area contributed by atoms with Crippen molar-refractivity contribution >= 4 is 5.97 Å². The van der Waals surface area contributed by atoms with Crippen molar-refractivity contribution < 1.29 is 19.0 Å². The van der Waals surface area contributed by atoms with Crippen LogP contribution in [0, 0.1) is 0 Å². The van der Waals surface area contributed by atoms with Crippen LogP contribution in [0.1, 0.15) is 18.9 Å². The highest BCUT2D eigenvalue weighted by Crippen LogP contribution is 2.14. The van der Waals surface area contributed by atoms with Gasteiger partial charge in [0.05, 0.1) is 13.7 Å². The first kappa shape index (κ1) is 15.2. The molecule has 0 aliphatic carbocycles. The first-order valence-electron chi connectivity index (χ1n) is 6.19. The Morgan fingerprint density at radius 2 is 2.11 bits per heavy atom. The van der Waals surface area contributed by atoms with Crippen LogP contribution in [0.5, 0.6) is 5.75 Å². The van der Waals surface area contributed by atoms with Gasteiger partial charge in [-0.1, -0.05) is 19.1 Å². The van der Waals surface area contributed by atoms with E-state index in [9.17, 15) is 4.79 Å². The molecular weight excluding hydrogens is 244 g/mol. The van der Waals surface area contributed by atoms with E-state index in [0.29, 0.717) is 25.2 Å². The molecule has 1 aromatic rings. The molecule has 0 fully saturated rings. The lowest BCUT2D eigenvalue weighted by Gasteiger charge is -2.07. The highest BCUT2D eigenvalue weighted by Gasteiger charge is 2.06. The molecule has 0 N–H and O–H groups in total. The molecule has 0 saturated heterocycles. The van der Waals surface area contributed by atoms with Crippen LogP contribution in [0.15, 0.2) is 35.9 Å². The monoisotopic (exact) mass is 264 g/mol. The van der Waals surface area contributed by atoms with Crippen LogP contribution in [0.25, 0.3) is 0 Å². The van der Waals surface area contributed by atoms with Crippen LogP contribution in [0.2, 0.25) is 0 Å². The van der Waals surface area contributed by atoms with Crippen molar-refractivity contribution in [3.63, 3.8) is 0 Å². The molecule has 19 heavy (non-hydrogen) atoms. The third-order valence-corrected chi connectivity index (χ3v) is 2.62. The molecule has 1 aromatic carbocycles. The average Bonchev–Trinajstić information content (AvgIpc) is 2.44. The molecule has 0 unspecified atom stereocenters. The summed E-state index contributed by atoms with van der Waals surface area (Å²) in [6.45, 7) is 2.80. The van der Waals surface area contributed by atoms with Gasteiger partial charge in [-0.25, -0.2) is 4.79 Å². The molecule has 0 bridgehead atoms. The van der Waals surface area contributed by atoms with Crippen molar-refractivity contribution in [2.75, 3.05) is 20.8 Å². The van der Waals surface area contributed by atoms with Gasteiger partial charge in [0.15, 0.2) is 0 Å². The summed E-state index contributed by atoms with van der Waals surface area (Å²) in [6, 6.07) is 7.67. The summed E-state index contributed by atoms with van der Waals surface area (Å²) >= 11 is 0. The first-order valence-corrected chi connectivity index (χ1v) is 6.19. The topological polar surface area (TPSA) is 44.8 Å². The van der Waals surface area contributed by atoms with Gasteiger partial charge in [-0.15, -0.1) is 0 Å². The Morgan fingerprint density at radius 1 is 1.32 bits per heavy atom. The number of benzene rings is 1. The lowest BCUT2D eigenvalue weighted by molar-refractivity contribution is -0.136. The van der Waals surface area contributed by atoms with Crippen LogP contribution < -0.4 is 4.74 Å². The molecular formula is C15H20O4. The molecule has 0 spiro atoms. The molecule has 0 saturated carbocycles. The summed E-state index contributed by atoms with van der Waals surface area (Å²) in [5, 5.41) is 0. The van der Waals surface area contributed by atoms with Gasteiger partial charge >= 0.3 is 5.97 Å². The van der Waals surface area contributed by atoms with Gasteiger partial charge in [-0.05, 0) is 30.2 Å². The van der Waals surface area contributed by atoms with Crippen molar-refractivity contribution in [1.29, 1.82) is 0 Å². The second kappa shape index (κ2) is 8.32. The minimum absolute atomic E-state index is 0.306. The molecule has 0 aliphatic rings. The standard InChI is InChI=1S/C15H20O4/c1-4-13(15(16)18-3)8-9-19-14-7-5-6-12(10-14)11-17-2/h5-8,10H,4,9,11H2,1-3H3. The van der Waals surface area contributed by atoms with Crippen molar-refractivity contribution in [3.8, 4) is 5.75 Å². The normalized spacial score (nSPS) is 11.2. The Kier molecular flexibility index (Phi) is 6.68. The lowest BCUT2D eigenvalue weighted by atomic mass is 10.2. The van der Waals surface area contributed by atoms with Crippen LogP contribution in [-0.2, 0) is 20.9 Å². The smallest absolute Gasteiger partial charge is 0.333 e. The van der Waals surface area contributed by atoms with E-state index in [2.05, 4.69) is 4.74 Å². The van der Waals surface area contributed by atoms with E-state index < -0.39 is 0 Å². The average molecular weight is 264 g/mol. The predicted molar refractivity (Wildman–Crippen MR) is 73.0 cm³/mol. The van der Waals surface area contributed by atoms with Crippen LogP contribution >= 0.6 is 0 Å². The number of hydrogen-bond donors (Lipinski definition) is 0. The lowest BCUT2D eigenvalue weighted by Crippen LogP contribution is -2.06. The molecule has 0 amide bonds. The number of rotatable bonds is 7. The highest BCUT2D eigenvalue weighted by molar-refractivity contribution is 5.88. The predicted octanol–water partition coefficient (Wildman–Crippen LogP) is 2.72. The van der Waals surface area contributed by atoms with Crippen LogP contribution in [0.4, 0.5) is 0 Å². The van der Waals surface area contributed by atoms with Crippen molar-refractivity contribution in [1.82, 2.24) is 0 Å². The summed E-state index contributed by atoms with van der Waals surface area (Å²) in [4.78, 5) is 11.4. The number of hydrogen-bond acceptors (Lipinski definition) is 4. The number of ether oxygens (including phenoxy) is 3. The fraction of sp³-hybridized carbons (Fsp3) is 0.400. The van der Waals surface area contributed by atoms with Crippen molar-refractivity contribution in [2.24, 2.45) is 0 Å². The molecule has 4 heteroatoms. The third-order valence-electron chi connectivity index (χ3n) is 2.62. The van der Waals surface area contributed by atoms with E-state index in [-0.39, 0.29) is 5.97 Å². The molecule has 0 aromatic heterocycles. The molecule has 0 atom stereocenters. The van der Waals surface area contributed by atoms with E-state index in [1.165, 1.54) is 7.11 Å². The molecule has 0 heterocycles. The molecule has 4 nitrogen and oxygen atoms in total. The summed E-state index contributed by atoms with van der Waals surface area (Å²) in [5.74, 6) is 0.449. The van der Waals surface area contributed by atoms with Gasteiger partial charge < -0.3 is 14.2 Å². The zero-order valence-corrected chi connectivity index (χ0v) is 11.6. The van der Waals surface area contributed by atoms with Crippen LogP contribution in [-0.4, -0.2) is 26.8 Å². The number of methoxy groups -OCH3 is 2. The van der Waals surface area contributed by atoms with E-state index in [1.54, 1.807) is 13.2 Å². The van der Waals surface area contributed by atoms with Crippen LogP contribution in [0.3, 0.4) is 0 Å². The number of esters is 1. The molecule has 0 radical (unpaired) electrons. The van der Waals surface area contributed by atoms with Crippen molar-refractivity contribution in [2.45, 2.75) is 20.0 Å². The summed E-state index contributed by atoms with van der Waals surface area (Å²) in [5.41, 5.74) is 1.67. The summed E-state index contributed by atoms with van der Waals surface area (Å²) < 4.78 is 15.3. The van der Waals surface area contributed by atoms with E-state index in [1.807, 2.05) is 31.2 Å². The van der Waals surface area contributed by atoms with Gasteiger partial charge in [0.1, 0.15) is 12.4 Å². The van der Waals surface area contributed by atoms with Gasteiger partial charge in [0.25, 0.3) is 0 Å². The van der Waals surface area contributed by atoms with Gasteiger partial charge in [0.2, 0.25) is 0 Å². The Morgan fingerprint density at radius 3 is 2.74 bits per heavy atom. The highest BCUT2D eigenvalue weighted by atomic mass is 16.5. The zero-order valence-electron chi connectivity index (χ0n) is 11.6. The minimum atomic E-state index is -0.306. The molecule has 1 rings (SSSR count). The second-order valence-corrected chi connectivity index (χ2v) is 3.97. The fourth-order valence-corrected chi connectivity index (χ4v) is 1.63. The first-order chi connectivity index (χ1) is 9.21. The maximum absolute atomic E-state index is 11.4. The fourth-order valence-electron chi connectivity index (χ4n) is 1.63. The Labute approximate surface area is 114 Å². The summed E-state index contributed by atoms with van der Waals surface area (Å²) in [6.07, 6.45) is 2.37. The Bertz CT molecular complexity index is 438. The van der Waals surface area contributed by atoms with Gasteiger partial charge in [-0.2, -0.15) is 0 Å². The minimum Gasteiger partial charge on any atom is -0.490 e. The maximum atomic E-state index is 11.4. The molecule has 0 aliphatic heterocycles. The van der Waals surface area contributed by atoms with E-state index in [0.717, 1.165) is 11.3 Å². The quantitative estimate of drug-likeness (QED) is 0.561. The maximum Gasteiger partial charge on any atom is 0.333 e. The summed E-state index contributed by atoms with van der Waals surface area (Å²) in [7, 11) is 3.03. The Hall–Kier alpha value is -1.81.